The number of aromatic carboxylic acids is 1. The molecule has 1 aliphatic rings. The molecule has 0 radical (unpaired) electrons. The van der Waals surface area contributed by atoms with Crippen LogP contribution in [0.15, 0.2) is 29.3 Å². The molecule has 1 heterocycles. The number of benzene rings is 1. The summed E-state index contributed by atoms with van der Waals surface area (Å²) in [7, 11) is 0. The maximum Gasteiger partial charge on any atom is 0.335 e. The molecule has 2 aromatic rings. The van der Waals surface area contributed by atoms with Crippen LogP contribution in [0.4, 0.5) is 5.00 Å². The molecule has 5 heteroatoms. The third-order valence-electron chi connectivity index (χ3n) is 5.07. The Morgan fingerprint density at radius 3 is 2.62 bits per heavy atom. The lowest BCUT2D eigenvalue weighted by Gasteiger charge is -2.33. The van der Waals surface area contributed by atoms with E-state index < -0.39 is 5.97 Å². The Morgan fingerprint density at radius 1 is 1.35 bits per heavy atom. The van der Waals surface area contributed by atoms with Gasteiger partial charge in [0, 0.05) is 11.1 Å². The number of hydrogen-bond donors (Lipinski definition) is 1. The summed E-state index contributed by atoms with van der Waals surface area (Å²) in [5.41, 5.74) is 3.21. The molecule has 0 aliphatic heterocycles. The maximum atomic E-state index is 10.9. The molecule has 134 valence electrons. The molecule has 0 fully saturated rings. The van der Waals surface area contributed by atoms with Crippen LogP contribution in [0.5, 0.6) is 0 Å². The Hall–Kier alpha value is -2.45. The van der Waals surface area contributed by atoms with Gasteiger partial charge in [-0.25, -0.2) is 9.79 Å². The van der Waals surface area contributed by atoms with Gasteiger partial charge in [-0.05, 0) is 53.9 Å². The lowest BCUT2D eigenvalue weighted by molar-refractivity contribution is 0.0697. The molecule has 0 bridgehead atoms. The monoisotopic (exact) mass is 366 g/mol. The van der Waals surface area contributed by atoms with Crippen molar-refractivity contribution in [1.29, 1.82) is 5.26 Å². The molecule has 0 spiro atoms. The van der Waals surface area contributed by atoms with Gasteiger partial charge in [-0.15, -0.1) is 11.3 Å². The fraction of sp³-hybridized carbons (Fsp3) is 0.381. The number of nitrogens with zero attached hydrogens (tertiary/aromatic N) is 2. The first-order chi connectivity index (χ1) is 12.3. The molecule has 1 atom stereocenters. The highest BCUT2D eigenvalue weighted by atomic mass is 32.1. The van der Waals surface area contributed by atoms with Gasteiger partial charge in [0.05, 0.1) is 11.1 Å². The van der Waals surface area contributed by atoms with E-state index in [9.17, 15) is 10.1 Å². The largest absolute Gasteiger partial charge is 0.478 e. The molecular weight excluding hydrogens is 344 g/mol. The van der Waals surface area contributed by atoms with E-state index in [0.29, 0.717) is 11.5 Å². The first-order valence-electron chi connectivity index (χ1n) is 8.71. The van der Waals surface area contributed by atoms with Gasteiger partial charge in [0.15, 0.2) is 0 Å². The molecular formula is C21H22N2O2S. The molecule has 4 nitrogen and oxygen atoms in total. The minimum atomic E-state index is -0.945. The number of nitriles is 1. The van der Waals surface area contributed by atoms with Crippen LogP contribution < -0.4 is 0 Å². The molecule has 0 saturated heterocycles. The van der Waals surface area contributed by atoms with Crippen LogP contribution in [0.2, 0.25) is 0 Å². The van der Waals surface area contributed by atoms with Crippen molar-refractivity contribution in [1.82, 2.24) is 0 Å². The van der Waals surface area contributed by atoms with Crippen molar-refractivity contribution in [3.63, 3.8) is 0 Å². The predicted molar refractivity (Wildman–Crippen MR) is 105 cm³/mol. The van der Waals surface area contributed by atoms with E-state index in [4.69, 9.17) is 5.11 Å². The lowest BCUT2D eigenvalue weighted by Crippen LogP contribution is -2.26. The summed E-state index contributed by atoms with van der Waals surface area (Å²) in [6, 6.07) is 8.90. The molecule has 1 aromatic carbocycles. The Labute approximate surface area is 157 Å². The number of carboxylic acid groups (broad SMARTS) is 1. The van der Waals surface area contributed by atoms with Crippen LogP contribution in [0, 0.1) is 22.7 Å². The highest BCUT2D eigenvalue weighted by molar-refractivity contribution is 7.16. The van der Waals surface area contributed by atoms with E-state index >= 15 is 0 Å². The van der Waals surface area contributed by atoms with Crippen LogP contribution in [0.3, 0.4) is 0 Å². The van der Waals surface area contributed by atoms with Gasteiger partial charge < -0.3 is 5.11 Å². The first kappa shape index (κ1) is 18.3. The van der Waals surface area contributed by atoms with E-state index in [1.165, 1.54) is 10.4 Å². The minimum absolute atomic E-state index is 0.250. The van der Waals surface area contributed by atoms with E-state index in [2.05, 4.69) is 31.8 Å². The summed E-state index contributed by atoms with van der Waals surface area (Å²) < 4.78 is 0. The van der Waals surface area contributed by atoms with Gasteiger partial charge in [-0.1, -0.05) is 32.9 Å². The van der Waals surface area contributed by atoms with Gasteiger partial charge in [-0.3, -0.25) is 0 Å². The third-order valence-corrected chi connectivity index (χ3v) is 6.23. The number of rotatable bonds is 3. The van der Waals surface area contributed by atoms with E-state index in [-0.39, 0.29) is 11.0 Å². The number of fused-ring (bicyclic) bond motifs is 1. The molecule has 1 N–H and O–H groups in total. The van der Waals surface area contributed by atoms with Crippen molar-refractivity contribution < 1.29 is 9.90 Å². The normalized spacial score (nSPS) is 17.1. The summed E-state index contributed by atoms with van der Waals surface area (Å²) in [4.78, 5) is 16.7. The Kier molecular flexibility index (Phi) is 4.97. The lowest BCUT2D eigenvalue weighted by atomic mass is 9.72. The highest BCUT2D eigenvalue weighted by Crippen LogP contribution is 2.44. The van der Waals surface area contributed by atoms with Gasteiger partial charge in [0.1, 0.15) is 11.1 Å². The second-order valence-corrected chi connectivity index (χ2v) is 8.87. The van der Waals surface area contributed by atoms with Gasteiger partial charge in [0.25, 0.3) is 0 Å². The maximum absolute atomic E-state index is 10.9. The second-order valence-electron chi connectivity index (χ2n) is 7.79. The van der Waals surface area contributed by atoms with Crippen molar-refractivity contribution in [2.75, 3.05) is 0 Å². The zero-order valence-corrected chi connectivity index (χ0v) is 16.1. The molecule has 3 rings (SSSR count). The van der Waals surface area contributed by atoms with Crippen LogP contribution in [0.1, 0.15) is 59.1 Å². The molecule has 0 unspecified atom stereocenters. The minimum Gasteiger partial charge on any atom is -0.478 e. The van der Waals surface area contributed by atoms with Crippen molar-refractivity contribution in [3.05, 3.63) is 51.4 Å². The Bertz CT molecular complexity index is 896. The van der Waals surface area contributed by atoms with Crippen LogP contribution in [0.25, 0.3) is 0 Å². The number of hydrogen-bond acceptors (Lipinski definition) is 4. The predicted octanol–water partition coefficient (Wildman–Crippen LogP) is 5.22. The number of carbonyl (C=O) groups is 1. The number of carboxylic acids is 1. The molecule has 0 saturated carbocycles. The number of aliphatic imine (C=N–C) groups is 1. The molecule has 1 aliphatic carbocycles. The Morgan fingerprint density at radius 2 is 2.04 bits per heavy atom. The summed E-state index contributed by atoms with van der Waals surface area (Å²) in [5, 5.41) is 19.3. The van der Waals surface area contributed by atoms with E-state index in [1.54, 1.807) is 41.8 Å². The highest BCUT2D eigenvalue weighted by Gasteiger charge is 2.32. The fourth-order valence-electron chi connectivity index (χ4n) is 3.36. The smallest absolute Gasteiger partial charge is 0.335 e. The molecule has 0 amide bonds. The SMILES string of the molecule is CC(C)(C)[C@@H]1CCc2c(sc(N=Cc3ccc(C(=O)O)cc3)c2C#N)C1. The third kappa shape index (κ3) is 3.71. The van der Waals surface area contributed by atoms with Crippen molar-refractivity contribution in [2.45, 2.75) is 40.0 Å². The van der Waals surface area contributed by atoms with Crippen molar-refractivity contribution in [2.24, 2.45) is 16.3 Å². The molecule has 26 heavy (non-hydrogen) atoms. The van der Waals surface area contributed by atoms with Crippen LogP contribution in [-0.2, 0) is 12.8 Å². The summed E-state index contributed by atoms with van der Waals surface area (Å²) >= 11 is 1.62. The fourth-order valence-corrected chi connectivity index (χ4v) is 4.58. The van der Waals surface area contributed by atoms with Gasteiger partial charge >= 0.3 is 5.97 Å². The zero-order valence-electron chi connectivity index (χ0n) is 15.2. The first-order valence-corrected chi connectivity index (χ1v) is 9.53. The van der Waals surface area contributed by atoms with E-state index in [0.717, 1.165) is 29.8 Å². The quantitative estimate of drug-likeness (QED) is 0.757. The Balaban J connectivity index is 1.86. The van der Waals surface area contributed by atoms with Gasteiger partial charge in [0.2, 0.25) is 0 Å². The van der Waals surface area contributed by atoms with Crippen LogP contribution >= 0.6 is 11.3 Å². The summed E-state index contributed by atoms with van der Waals surface area (Å²) in [5.74, 6) is -0.319. The second kappa shape index (κ2) is 7.05. The average Bonchev–Trinajstić information content (AvgIpc) is 2.96. The van der Waals surface area contributed by atoms with Crippen LogP contribution in [-0.4, -0.2) is 17.3 Å². The molecule has 1 aromatic heterocycles. The van der Waals surface area contributed by atoms with E-state index in [1.807, 2.05) is 0 Å². The van der Waals surface area contributed by atoms with Crippen molar-refractivity contribution in [3.8, 4) is 6.07 Å². The average molecular weight is 366 g/mol. The number of thiophene rings is 1. The summed E-state index contributed by atoms with van der Waals surface area (Å²) in [6.07, 6.45) is 4.77. The summed E-state index contributed by atoms with van der Waals surface area (Å²) in [6.45, 7) is 6.84. The standard InChI is InChI=1S/C21H22N2O2S/c1-21(2,3)15-8-9-16-17(11-22)19(26-18(16)10-15)23-12-13-4-6-14(7-5-13)20(24)25/h4-7,12,15H,8-10H2,1-3H3,(H,24,25)/t15-/m1/s1. The van der Waals surface area contributed by atoms with Gasteiger partial charge in [-0.2, -0.15) is 5.26 Å². The topological polar surface area (TPSA) is 73.4 Å². The van der Waals surface area contributed by atoms with Crippen molar-refractivity contribution >= 4 is 28.5 Å². The zero-order chi connectivity index (χ0) is 18.9.